The van der Waals surface area contributed by atoms with Crippen LogP contribution in [0.2, 0.25) is 0 Å². The van der Waals surface area contributed by atoms with Crippen LogP contribution >= 0.6 is 0 Å². The molecule has 31 heavy (non-hydrogen) atoms. The average molecular weight is 446 g/mol. The molecule has 2 atom stereocenters. The molecule has 9 heteroatoms. The van der Waals surface area contributed by atoms with Gasteiger partial charge in [0.2, 0.25) is 10.0 Å². The van der Waals surface area contributed by atoms with Gasteiger partial charge in [-0.05, 0) is 44.2 Å². The Balaban J connectivity index is 1.34. The zero-order valence-corrected chi connectivity index (χ0v) is 18.7. The van der Waals surface area contributed by atoms with Gasteiger partial charge < -0.3 is 9.64 Å². The molecule has 1 aliphatic heterocycles. The van der Waals surface area contributed by atoms with Crippen LogP contribution in [0.25, 0.3) is 0 Å². The summed E-state index contributed by atoms with van der Waals surface area (Å²) < 4.78 is 32.9. The van der Waals surface area contributed by atoms with Crippen LogP contribution in [0.15, 0.2) is 43.0 Å². The van der Waals surface area contributed by atoms with E-state index in [4.69, 9.17) is 4.74 Å². The Hall–Kier alpha value is -2.10. The minimum Gasteiger partial charge on any atom is -0.378 e. The van der Waals surface area contributed by atoms with E-state index in [1.165, 1.54) is 6.26 Å². The lowest BCUT2D eigenvalue weighted by atomic mass is 9.85. The minimum absolute atomic E-state index is 0.0724. The second kappa shape index (κ2) is 10.0. The van der Waals surface area contributed by atoms with Gasteiger partial charge in [-0.15, -0.1) is 0 Å². The van der Waals surface area contributed by atoms with Crippen molar-refractivity contribution in [2.45, 2.75) is 50.2 Å². The van der Waals surface area contributed by atoms with Crippen molar-refractivity contribution >= 4 is 15.8 Å². The van der Waals surface area contributed by atoms with Gasteiger partial charge in [-0.25, -0.2) is 18.1 Å². The van der Waals surface area contributed by atoms with E-state index in [0.717, 1.165) is 56.7 Å². The summed E-state index contributed by atoms with van der Waals surface area (Å²) in [6.45, 7) is 2.03. The number of rotatable bonds is 7. The van der Waals surface area contributed by atoms with Crippen LogP contribution in [0.5, 0.6) is 0 Å². The molecule has 0 spiro atoms. The third-order valence-electron chi connectivity index (χ3n) is 6.29. The molecule has 2 aromatic rings. The van der Waals surface area contributed by atoms with Gasteiger partial charge in [-0.3, -0.25) is 9.97 Å². The fourth-order valence-electron chi connectivity index (χ4n) is 4.69. The molecule has 0 aromatic carbocycles. The molecule has 168 valence electrons. The Labute approximate surface area is 184 Å². The fraction of sp³-hybridized carbons (Fsp3) is 0.591. The van der Waals surface area contributed by atoms with E-state index in [2.05, 4.69) is 24.6 Å². The minimum atomic E-state index is -3.27. The van der Waals surface area contributed by atoms with Crippen molar-refractivity contribution in [3.63, 3.8) is 0 Å². The van der Waals surface area contributed by atoms with Crippen LogP contribution in [0.1, 0.15) is 43.7 Å². The van der Waals surface area contributed by atoms with Gasteiger partial charge >= 0.3 is 0 Å². The molecule has 0 bridgehead atoms. The largest absolute Gasteiger partial charge is 0.378 e. The van der Waals surface area contributed by atoms with Gasteiger partial charge in [-0.2, -0.15) is 0 Å². The summed E-state index contributed by atoms with van der Waals surface area (Å²) in [5.74, 6) is 1.44. The van der Waals surface area contributed by atoms with Crippen molar-refractivity contribution < 1.29 is 13.2 Å². The Morgan fingerprint density at radius 2 is 1.94 bits per heavy atom. The highest BCUT2D eigenvalue weighted by Gasteiger charge is 2.33. The normalized spacial score (nSPS) is 27.2. The van der Waals surface area contributed by atoms with Crippen molar-refractivity contribution in [3.05, 3.63) is 48.7 Å². The molecule has 2 fully saturated rings. The summed E-state index contributed by atoms with van der Waals surface area (Å²) in [7, 11) is -3.27. The van der Waals surface area contributed by atoms with Crippen molar-refractivity contribution in [1.82, 2.24) is 19.7 Å². The number of aromatic nitrogens is 3. The SMILES string of the molecule is CS(=O)(=O)N[C@H]1CCN(c2ccccn2)C[C@H]1CO[C@H]1CC[C@@H](c2cnccn2)CC1. The highest BCUT2D eigenvalue weighted by molar-refractivity contribution is 7.88. The predicted molar refractivity (Wildman–Crippen MR) is 119 cm³/mol. The van der Waals surface area contributed by atoms with E-state index in [1.54, 1.807) is 18.6 Å². The maximum atomic E-state index is 11.9. The van der Waals surface area contributed by atoms with Gasteiger partial charge in [0.25, 0.3) is 0 Å². The predicted octanol–water partition coefficient (Wildman–Crippen LogP) is 2.36. The smallest absolute Gasteiger partial charge is 0.208 e. The summed E-state index contributed by atoms with van der Waals surface area (Å²) >= 11 is 0. The van der Waals surface area contributed by atoms with Crippen LogP contribution in [0.4, 0.5) is 5.82 Å². The molecular weight excluding hydrogens is 414 g/mol. The first-order valence-electron chi connectivity index (χ1n) is 11.0. The number of sulfonamides is 1. The number of piperidine rings is 1. The molecule has 1 aliphatic carbocycles. The van der Waals surface area contributed by atoms with Crippen molar-refractivity contribution in [3.8, 4) is 0 Å². The molecule has 4 rings (SSSR count). The lowest BCUT2D eigenvalue weighted by Crippen LogP contribution is -2.52. The third-order valence-corrected chi connectivity index (χ3v) is 7.03. The van der Waals surface area contributed by atoms with Crippen LogP contribution in [-0.2, 0) is 14.8 Å². The lowest BCUT2D eigenvalue weighted by molar-refractivity contribution is -0.00233. The number of pyridine rings is 1. The van der Waals surface area contributed by atoms with E-state index >= 15 is 0 Å². The summed E-state index contributed by atoms with van der Waals surface area (Å²) in [6, 6.07) is 5.76. The maximum absolute atomic E-state index is 11.9. The van der Waals surface area contributed by atoms with Crippen molar-refractivity contribution in [2.75, 3.05) is 30.9 Å². The molecule has 2 aromatic heterocycles. The quantitative estimate of drug-likeness (QED) is 0.699. The van der Waals surface area contributed by atoms with Gasteiger partial charge in [0.15, 0.2) is 0 Å². The third kappa shape index (κ3) is 6.21. The fourth-order valence-corrected chi connectivity index (χ4v) is 5.55. The lowest BCUT2D eigenvalue weighted by Gasteiger charge is -2.40. The van der Waals surface area contributed by atoms with E-state index in [-0.39, 0.29) is 18.1 Å². The zero-order valence-electron chi connectivity index (χ0n) is 17.9. The molecule has 3 heterocycles. The average Bonchev–Trinajstić information content (AvgIpc) is 2.79. The number of ether oxygens (including phenoxy) is 1. The highest BCUT2D eigenvalue weighted by Crippen LogP contribution is 2.33. The van der Waals surface area contributed by atoms with Gasteiger partial charge in [0, 0.05) is 55.8 Å². The van der Waals surface area contributed by atoms with E-state index in [1.807, 2.05) is 24.4 Å². The molecule has 8 nitrogen and oxygen atoms in total. The Morgan fingerprint density at radius 1 is 1.10 bits per heavy atom. The molecule has 1 saturated carbocycles. The van der Waals surface area contributed by atoms with E-state index in [9.17, 15) is 8.42 Å². The summed E-state index contributed by atoms with van der Waals surface area (Å²) in [5, 5.41) is 0. The summed E-state index contributed by atoms with van der Waals surface area (Å²) in [6.07, 6.45) is 13.3. The summed E-state index contributed by atoms with van der Waals surface area (Å²) in [4.78, 5) is 15.3. The Kier molecular flexibility index (Phi) is 7.14. The van der Waals surface area contributed by atoms with Gasteiger partial charge in [-0.1, -0.05) is 6.07 Å². The first-order chi connectivity index (χ1) is 15.0. The zero-order chi connectivity index (χ0) is 21.7. The first-order valence-corrected chi connectivity index (χ1v) is 12.9. The Morgan fingerprint density at radius 3 is 2.61 bits per heavy atom. The van der Waals surface area contributed by atoms with E-state index < -0.39 is 10.0 Å². The molecule has 2 aliphatic rings. The van der Waals surface area contributed by atoms with Crippen molar-refractivity contribution in [2.24, 2.45) is 5.92 Å². The number of hydrogen-bond donors (Lipinski definition) is 1. The molecule has 0 radical (unpaired) electrons. The van der Waals surface area contributed by atoms with Crippen LogP contribution in [0, 0.1) is 5.92 Å². The Bertz CT molecular complexity index is 921. The highest BCUT2D eigenvalue weighted by atomic mass is 32.2. The standard InChI is InChI=1S/C22H31N5O3S/c1-31(28,29)26-20-9-13-27(22-4-2-3-10-25-22)15-18(20)16-30-19-7-5-17(6-8-19)21-14-23-11-12-24-21/h2-4,10-12,14,17-20,26H,5-9,13,15-16H2,1H3/t17-,18-,19+,20-/m0/s1. The van der Waals surface area contributed by atoms with Gasteiger partial charge in [0.1, 0.15) is 5.82 Å². The van der Waals surface area contributed by atoms with Crippen LogP contribution in [-0.4, -0.2) is 61.5 Å². The number of nitrogens with one attached hydrogen (secondary N) is 1. The topological polar surface area (TPSA) is 97.3 Å². The summed E-state index contributed by atoms with van der Waals surface area (Å²) in [5.41, 5.74) is 1.07. The molecule has 1 saturated heterocycles. The molecule has 0 unspecified atom stereocenters. The van der Waals surface area contributed by atoms with Crippen LogP contribution < -0.4 is 9.62 Å². The van der Waals surface area contributed by atoms with Crippen LogP contribution in [0.3, 0.4) is 0 Å². The van der Waals surface area contributed by atoms with Gasteiger partial charge in [0.05, 0.1) is 24.7 Å². The number of anilines is 1. The molecule has 0 amide bonds. The monoisotopic (exact) mass is 445 g/mol. The van der Waals surface area contributed by atoms with E-state index in [0.29, 0.717) is 12.5 Å². The second-order valence-corrected chi connectivity index (χ2v) is 10.4. The second-order valence-electron chi connectivity index (χ2n) is 8.62. The molecule has 1 N–H and O–H groups in total. The maximum Gasteiger partial charge on any atom is 0.208 e. The van der Waals surface area contributed by atoms with Crippen molar-refractivity contribution in [1.29, 1.82) is 0 Å². The molecular formula is C22H31N5O3S. The number of hydrogen-bond acceptors (Lipinski definition) is 7. The first kappa shape index (κ1) is 22.1. The number of nitrogens with zero attached hydrogens (tertiary/aromatic N) is 4.